The number of halogens is 1. The minimum atomic E-state index is -0.0279. The maximum atomic E-state index is 6.17. The van der Waals surface area contributed by atoms with Gasteiger partial charge in [0.1, 0.15) is 5.75 Å². The Morgan fingerprint density at radius 3 is 2.82 bits per heavy atom. The Balaban J connectivity index is 2.11. The van der Waals surface area contributed by atoms with Gasteiger partial charge < -0.3 is 10.5 Å². The van der Waals surface area contributed by atoms with Gasteiger partial charge >= 0.3 is 0 Å². The fraction of sp³-hybridized carbons (Fsp3) is 0.231. The first-order valence-corrected chi connectivity index (χ1v) is 6.52. The monoisotopic (exact) mass is 267 g/mol. The Kier molecular flexibility index (Phi) is 4.05. The Labute approximate surface area is 110 Å². The minimum absolute atomic E-state index is 0.0279. The van der Waals surface area contributed by atoms with Crippen molar-refractivity contribution in [3.63, 3.8) is 0 Å². The number of ether oxygens (including phenoxy) is 1. The van der Waals surface area contributed by atoms with Gasteiger partial charge in [0.2, 0.25) is 0 Å². The Morgan fingerprint density at radius 1 is 1.35 bits per heavy atom. The third-order valence-electron chi connectivity index (χ3n) is 2.57. The molecule has 17 heavy (non-hydrogen) atoms. The molecule has 0 bridgehead atoms. The van der Waals surface area contributed by atoms with Crippen LogP contribution in [0, 0.1) is 0 Å². The van der Waals surface area contributed by atoms with E-state index in [-0.39, 0.29) is 6.04 Å². The molecule has 2 rings (SSSR count). The first kappa shape index (κ1) is 12.4. The van der Waals surface area contributed by atoms with Crippen molar-refractivity contribution in [2.24, 2.45) is 5.73 Å². The van der Waals surface area contributed by atoms with Gasteiger partial charge in [0.25, 0.3) is 0 Å². The van der Waals surface area contributed by atoms with Crippen LogP contribution in [-0.2, 0) is 6.42 Å². The number of hydrogen-bond donors (Lipinski definition) is 1. The van der Waals surface area contributed by atoms with Crippen LogP contribution in [0.15, 0.2) is 36.4 Å². The van der Waals surface area contributed by atoms with Crippen molar-refractivity contribution in [1.82, 2.24) is 0 Å². The fourth-order valence-electron chi connectivity index (χ4n) is 1.67. The first-order chi connectivity index (χ1) is 8.19. The first-order valence-electron chi connectivity index (χ1n) is 5.33. The highest BCUT2D eigenvalue weighted by molar-refractivity contribution is 7.16. The van der Waals surface area contributed by atoms with Gasteiger partial charge in [-0.1, -0.05) is 23.7 Å². The van der Waals surface area contributed by atoms with Gasteiger partial charge in [-0.05, 0) is 29.8 Å². The summed E-state index contributed by atoms with van der Waals surface area (Å²) in [5, 5.41) is 0. The van der Waals surface area contributed by atoms with E-state index in [1.54, 1.807) is 18.4 Å². The molecule has 2 nitrogen and oxygen atoms in total. The normalized spacial score (nSPS) is 12.4. The van der Waals surface area contributed by atoms with E-state index in [4.69, 9.17) is 22.1 Å². The van der Waals surface area contributed by atoms with Crippen molar-refractivity contribution in [1.29, 1.82) is 0 Å². The smallest absolute Gasteiger partial charge is 0.119 e. The summed E-state index contributed by atoms with van der Waals surface area (Å²) in [6, 6.07) is 11.8. The average molecular weight is 268 g/mol. The molecule has 1 heterocycles. The van der Waals surface area contributed by atoms with Crippen molar-refractivity contribution in [3.8, 4) is 5.75 Å². The second-order valence-corrected chi connectivity index (χ2v) is 5.59. The largest absolute Gasteiger partial charge is 0.497 e. The predicted octanol–water partition coefficient (Wildman–Crippen LogP) is 3.65. The molecular formula is C13H14ClNOS. The number of rotatable bonds is 4. The van der Waals surface area contributed by atoms with E-state index in [0.717, 1.165) is 22.1 Å². The molecule has 1 aromatic carbocycles. The van der Waals surface area contributed by atoms with E-state index < -0.39 is 0 Å². The van der Waals surface area contributed by atoms with E-state index in [9.17, 15) is 0 Å². The summed E-state index contributed by atoms with van der Waals surface area (Å²) in [4.78, 5) is 1.20. The molecule has 90 valence electrons. The highest BCUT2D eigenvalue weighted by Gasteiger charge is 2.09. The molecule has 0 saturated heterocycles. The second-order valence-electron chi connectivity index (χ2n) is 3.79. The molecule has 4 heteroatoms. The van der Waals surface area contributed by atoms with Gasteiger partial charge in [0.15, 0.2) is 0 Å². The van der Waals surface area contributed by atoms with Crippen molar-refractivity contribution >= 4 is 22.9 Å². The van der Waals surface area contributed by atoms with E-state index in [1.165, 1.54) is 4.88 Å². The molecule has 1 unspecified atom stereocenters. The predicted molar refractivity (Wildman–Crippen MR) is 73.0 cm³/mol. The van der Waals surface area contributed by atoms with Crippen LogP contribution in [0.1, 0.15) is 16.5 Å². The molecule has 0 aliphatic rings. The molecule has 0 saturated carbocycles. The Bertz CT molecular complexity index is 498. The van der Waals surface area contributed by atoms with Crippen LogP contribution in [0.25, 0.3) is 0 Å². The second kappa shape index (κ2) is 5.54. The SMILES string of the molecule is COc1cccc(C(N)Cc2ccc(Cl)s2)c1. The van der Waals surface area contributed by atoms with Crippen LogP contribution in [0.4, 0.5) is 0 Å². The molecule has 0 fully saturated rings. The van der Waals surface area contributed by atoms with E-state index in [0.29, 0.717) is 0 Å². The summed E-state index contributed by atoms with van der Waals surface area (Å²) in [5.74, 6) is 0.835. The average Bonchev–Trinajstić information content (AvgIpc) is 2.75. The zero-order valence-electron chi connectivity index (χ0n) is 9.52. The molecule has 0 radical (unpaired) electrons. The lowest BCUT2D eigenvalue weighted by Gasteiger charge is -2.11. The minimum Gasteiger partial charge on any atom is -0.497 e. The lowest BCUT2D eigenvalue weighted by Crippen LogP contribution is -2.12. The molecule has 0 spiro atoms. The highest BCUT2D eigenvalue weighted by atomic mass is 35.5. The van der Waals surface area contributed by atoms with Crippen LogP contribution in [-0.4, -0.2) is 7.11 Å². The summed E-state index contributed by atoms with van der Waals surface area (Å²) >= 11 is 7.47. The van der Waals surface area contributed by atoms with E-state index >= 15 is 0 Å². The summed E-state index contributed by atoms with van der Waals surface area (Å²) in [6.07, 6.45) is 0.796. The molecule has 0 aliphatic heterocycles. The van der Waals surface area contributed by atoms with Gasteiger partial charge in [0, 0.05) is 17.3 Å². The molecule has 1 atom stereocenters. The lowest BCUT2D eigenvalue weighted by molar-refractivity contribution is 0.414. The summed E-state index contributed by atoms with van der Waals surface area (Å²) in [6.45, 7) is 0. The van der Waals surface area contributed by atoms with E-state index in [2.05, 4.69) is 0 Å². The molecule has 0 amide bonds. The van der Waals surface area contributed by atoms with Gasteiger partial charge in [-0.2, -0.15) is 0 Å². The Morgan fingerprint density at radius 2 is 2.18 bits per heavy atom. The number of benzene rings is 1. The summed E-state index contributed by atoms with van der Waals surface area (Å²) < 4.78 is 5.99. The maximum Gasteiger partial charge on any atom is 0.119 e. The van der Waals surface area contributed by atoms with Crippen LogP contribution >= 0.6 is 22.9 Å². The molecule has 2 N–H and O–H groups in total. The zero-order chi connectivity index (χ0) is 12.3. The van der Waals surface area contributed by atoms with Gasteiger partial charge in [-0.25, -0.2) is 0 Å². The van der Waals surface area contributed by atoms with Crippen molar-refractivity contribution in [3.05, 3.63) is 51.2 Å². The molecule has 1 aromatic heterocycles. The lowest BCUT2D eigenvalue weighted by atomic mass is 10.0. The topological polar surface area (TPSA) is 35.2 Å². The van der Waals surface area contributed by atoms with Crippen LogP contribution in [0.3, 0.4) is 0 Å². The highest BCUT2D eigenvalue weighted by Crippen LogP contribution is 2.26. The van der Waals surface area contributed by atoms with Crippen LogP contribution in [0.5, 0.6) is 5.75 Å². The molecular weight excluding hydrogens is 254 g/mol. The fourth-order valence-corrected chi connectivity index (χ4v) is 2.81. The molecule has 2 aromatic rings. The van der Waals surface area contributed by atoms with Crippen LogP contribution in [0.2, 0.25) is 4.34 Å². The van der Waals surface area contributed by atoms with Gasteiger partial charge in [-0.3, -0.25) is 0 Å². The van der Waals surface area contributed by atoms with E-state index in [1.807, 2.05) is 36.4 Å². The molecule has 0 aliphatic carbocycles. The number of thiophene rings is 1. The third kappa shape index (κ3) is 3.22. The van der Waals surface area contributed by atoms with Crippen LogP contribution < -0.4 is 10.5 Å². The summed E-state index contributed by atoms with van der Waals surface area (Å²) in [5.41, 5.74) is 7.25. The Hall–Kier alpha value is -1.03. The zero-order valence-corrected chi connectivity index (χ0v) is 11.1. The number of nitrogens with two attached hydrogens (primary N) is 1. The van der Waals surface area contributed by atoms with Gasteiger partial charge in [0.05, 0.1) is 11.4 Å². The summed E-state index contributed by atoms with van der Waals surface area (Å²) in [7, 11) is 1.66. The third-order valence-corrected chi connectivity index (χ3v) is 3.83. The number of methoxy groups -OCH3 is 1. The number of hydrogen-bond acceptors (Lipinski definition) is 3. The van der Waals surface area contributed by atoms with Crippen molar-refractivity contribution in [2.75, 3.05) is 7.11 Å². The van der Waals surface area contributed by atoms with Crippen molar-refractivity contribution < 1.29 is 4.74 Å². The standard InChI is InChI=1S/C13H14ClNOS/c1-16-10-4-2-3-9(7-10)12(15)8-11-5-6-13(14)17-11/h2-7,12H,8,15H2,1H3. The van der Waals surface area contributed by atoms with Gasteiger partial charge in [-0.15, -0.1) is 11.3 Å². The quantitative estimate of drug-likeness (QED) is 0.918. The maximum absolute atomic E-state index is 6.17. The van der Waals surface area contributed by atoms with Crippen molar-refractivity contribution in [2.45, 2.75) is 12.5 Å².